The Hall–Kier alpha value is -2.08. The molecule has 2 fully saturated rings. The number of alkyl halides is 5. The molecular formula is C25H25Br2F5N4O. The average Bonchev–Trinajstić information content (AvgIpc) is 2.81. The summed E-state index contributed by atoms with van der Waals surface area (Å²) in [5.74, 6) is -1.72. The highest BCUT2D eigenvalue weighted by atomic mass is 79.9. The van der Waals surface area contributed by atoms with Crippen molar-refractivity contribution in [1.29, 1.82) is 0 Å². The Morgan fingerprint density at radius 3 is 2.57 bits per heavy atom. The largest absolute Gasteiger partial charge is 0.433 e. The number of piperidine rings is 1. The molecule has 1 aromatic carbocycles. The van der Waals surface area contributed by atoms with Crippen LogP contribution in [0.1, 0.15) is 61.5 Å². The molecule has 1 saturated carbocycles. The number of carbonyl (C=O) groups is 1. The van der Waals surface area contributed by atoms with E-state index in [0.717, 1.165) is 11.8 Å². The van der Waals surface area contributed by atoms with E-state index >= 15 is 4.39 Å². The molecule has 1 aromatic heterocycles. The maximum atomic E-state index is 15.2. The van der Waals surface area contributed by atoms with Gasteiger partial charge in [-0.3, -0.25) is 4.79 Å². The second-order valence-electron chi connectivity index (χ2n) is 9.53. The molecule has 2 unspecified atom stereocenters. The fourth-order valence-electron chi connectivity index (χ4n) is 4.89. The van der Waals surface area contributed by atoms with E-state index in [4.69, 9.17) is 5.73 Å². The highest BCUT2D eigenvalue weighted by molar-refractivity contribution is 9.10. The topological polar surface area (TPSA) is 71.6 Å². The first-order valence-electron chi connectivity index (χ1n) is 11.8. The molecule has 4 rings (SSSR count). The van der Waals surface area contributed by atoms with Gasteiger partial charge in [-0.1, -0.05) is 31.9 Å². The zero-order valence-corrected chi connectivity index (χ0v) is 23.1. The lowest BCUT2D eigenvalue weighted by molar-refractivity contribution is -0.141. The third-order valence-corrected chi connectivity index (χ3v) is 8.09. The van der Waals surface area contributed by atoms with Crippen molar-refractivity contribution >= 4 is 49.3 Å². The van der Waals surface area contributed by atoms with Crippen LogP contribution in [0.25, 0.3) is 0 Å². The number of nitrogens with two attached hydrogens (primary N) is 1. The number of anilines is 1. The number of hydrogen-bond acceptors (Lipinski definition) is 3. The third kappa shape index (κ3) is 5.69. The average molecular weight is 652 g/mol. The van der Waals surface area contributed by atoms with Crippen molar-refractivity contribution in [2.75, 3.05) is 11.4 Å². The molecule has 1 aliphatic carbocycles. The number of aliphatic imine (C=N–C) groups is 1. The fraction of sp³-hybridized carbons (Fsp3) is 0.480. The summed E-state index contributed by atoms with van der Waals surface area (Å²) < 4.78 is 70.0. The summed E-state index contributed by atoms with van der Waals surface area (Å²) in [5, 5.41) is 0.327. The normalized spacial score (nSPS) is 22.1. The lowest BCUT2D eigenvalue weighted by Gasteiger charge is -2.39. The molecule has 1 aliphatic heterocycles. The van der Waals surface area contributed by atoms with E-state index in [1.807, 2.05) is 17.9 Å². The van der Waals surface area contributed by atoms with Crippen molar-refractivity contribution in [2.45, 2.75) is 62.2 Å². The number of amides is 1. The zero-order chi connectivity index (χ0) is 27.1. The van der Waals surface area contributed by atoms with Crippen LogP contribution in [0.5, 0.6) is 0 Å². The maximum Gasteiger partial charge on any atom is 0.433 e. The molecule has 0 radical (unpaired) electrons. The summed E-state index contributed by atoms with van der Waals surface area (Å²) in [6.45, 7) is 2.38. The molecule has 2 N–H and O–H groups in total. The van der Waals surface area contributed by atoms with Crippen LogP contribution >= 0.6 is 31.9 Å². The van der Waals surface area contributed by atoms with E-state index in [9.17, 15) is 22.4 Å². The van der Waals surface area contributed by atoms with Gasteiger partial charge >= 0.3 is 6.18 Å². The minimum Gasteiger partial charge on any atom is -0.383 e. The fourth-order valence-corrected chi connectivity index (χ4v) is 5.87. The Bertz CT molecular complexity index is 1230. The maximum absolute atomic E-state index is 15.2. The van der Waals surface area contributed by atoms with Crippen LogP contribution in [0.4, 0.5) is 27.6 Å². The molecule has 0 bridgehead atoms. The van der Waals surface area contributed by atoms with Crippen LogP contribution in [-0.2, 0) is 22.0 Å². The van der Waals surface area contributed by atoms with Crippen molar-refractivity contribution in [1.82, 2.24) is 4.98 Å². The van der Waals surface area contributed by atoms with E-state index in [2.05, 4.69) is 41.8 Å². The van der Waals surface area contributed by atoms with Crippen LogP contribution in [0.2, 0.25) is 0 Å². The third-order valence-electron chi connectivity index (χ3n) is 7.07. The molecule has 2 heterocycles. The van der Waals surface area contributed by atoms with Crippen LogP contribution < -0.4 is 10.6 Å². The Balaban J connectivity index is 1.56. The Morgan fingerprint density at radius 1 is 1.30 bits per heavy atom. The Morgan fingerprint density at radius 2 is 2.00 bits per heavy atom. The molecule has 37 heavy (non-hydrogen) atoms. The van der Waals surface area contributed by atoms with Crippen molar-refractivity contribution in [3.05, 3.63) is 57.1 Å². The Labute approximate surface area is 228 Å². The lowest BCUT2D eigenvalue weighted by Crippen LogP contribution is -2.43. The van der Waals surface area contributed by atoms with E-state index in [1.54, 1.807) is 0 Å². The highest BCUT2D eigenvalue weighted by Crippen LogP contribution is 2.46. The number of pyridine rings is 1. The molecule has 0 spiro atoms. The van der Waals surface area contributed by atoms with Gasteiger partial charge in [0.05, 0.1) is 5.69 Å². The number of carbonyl (C=O) groups excluding carboxylic acids is 1. The standard InChI is InChI=1S/C25H25Br2F5N4O/c1-13-9-14(5-8-36(13)19-11-15(27)10-18(28)17(19)12-26)23(37)35-22(33)16-3-4-20(25(30,31)32)34-21(16)24(29)6-2-7-24/h3-4,10-11,13-14H,2,5-9,12H2,1H3,(H2,33,35,37). The molecule has 1 amide bonds. The minimum atomic E-state index is -4.74. The van der Waals surface area contributed by atoms with Gasteiger partial charge in [0, 0.05) is 45.1 Å². The van der Waals surface area contributed by atoms with Gasteiger partial charge in [-0.05, 0) is 63.3 Å². The molecule has 2 atom stereocenters. The minimum absolute atomic E-state index is 0.0259. The lowest BCUT2D eigenvalue weighted by atomic mass is 9.77. The molecular weight excluding hydrogens is 627 g/mol. The van der Waals surface area contributed by atoms with E-state index in [0.29, 0.717) is 47.2 Å². The summed E-state index contributed by atoms with van der Waals surface area (Å²) >= 11 is 6.67. The van der Waals surface area contributed by atoms with Crippen LogP contribution in [0.15, 0.2) is 33.7 Å². The molecule has 1 saturated heterocycles. The van der Waals surface area contributed by atoms with Crippen LogP contribution in [-0.4, -0.2) is 29.3 Å². The highest BCUT2D eigenvalue weighted by Gasteiger charge is 2.44. The van der Waals surface area contributed by atoms with Crippen molar-refractivity contribution in [3.63, 3.8) is 0 Å². The Kier molecular flexibility index (Phi) is 8.00. The number of benzene rings is 1. The second kappa shape index (κ2) is 10.6. The van der Waals surface area contributed by atoms with Gasteiger partial charge in [0.2, 0.25) is 0 Å². The number of hydrogen-bond donors (Lipinski definition) is 1. The zero-order valence-electron chi connectivity index (χ0n) is 19.9. The van der Waals surface area contributed by atoms with Gasteiger partial charge in [-0.2, -0.15) is 18.2 Å². The first-order chi connectivity index (χ1) is 17.3. The van der Waals surface area contributed by atoms with E-state index in [-0.39, 0.29) is 36.1 Å². The van der Waals surface area contributed by atoms with Gasteiger partial charge in [0.15, 0.2) is 5.67 Å². The number of aromatic nitrogens is 1. The first-order valence-corrected chi connectivity index (χ1v) is 13.7. The molecule has 5 nitrogen and oxygen atoms in total. The smallest absolute Gasteiger partial charge is 0.383 e. The summed E-state index contributed by atoms with van der Waals surface area (Å²) in [4.78, 5) is 22.6. The molecule has 2 aromatic rings. The van der Waals surface area contributed by atoms with Crippen molar-refractivity contribution < 1.29 is 26.7 Å². The number of halogens is 7. The SMILES string of the molecule is CC1CC(C(=O)N=C(N)c2ccc(C(F)(F)F)nc2C2(F)CCC2)CCN1c1cc(Br)cc(F)c1CBr. The molecule has 200 valence electrons. The van der Waals surface area contributed by atoms with Crippen LogP contribution in [0.3, 0.4) is 0 Å². The summed E-state index contributed by atoms with van der Waals surface area (Å²) in [7, 11) is 0. The first kappa shape index (κ1) is 27.9. The summed E-state index contributed by atoms with van der Waals surface area (Å²) in [6.07, 6.45) is -3.35. The van der Waals surface area contributed by atoms with Gasteiger partial charge < -0.3 is 10.6 Å². The number of nitrogens with zero attached hydrogens (tertiary/aromatic N) is 3. The molecule has 12 heteroatoms. The van der Waals surface area contributed by atoms with Gasteiger partial charge in [0.1, 0.15) is 17.3 Å². The van der Waals surface area contributed by atoms with Gasteiger partial charge in [0.25, 0.3) is 5.91 Å². The summed E-state index contributed by atoms with van der Waals surface area (Å²) in [6, 6.07) is 4.85. The van der Waals surface area contributed by atoms with Gasteiger partial charge in [-0.15, -0.1) is 0 Å². The van der Waals surface area contributed by atoms with Crippen molar-refractivity contribution in [2.24, 2.45) is 16.6 Å². The summed E-state index contributed by atoms with van der Waals surface area (Å²) in [5.41, 5.74) is 3.50. The van der Waals surface area contributed by atoms with Gasteiger partial charge in [-0.25, -0.2) is 13.8 Å². The van der Waals surface area contributed by atoms with E-state index in [1.165, 1.54) is 6.07 Å². The number of amidine groups is 1. The number of rotatable bonds is 5. The second-order valence-corrected chi connectivity index (χ2v) is 11.0. The molecule has 2 aliphatic rings. The van der Waals surface area contributed by atoms with E-state index < -0.39 is 35.1 Å². The quantitative estimate of drug-likeness (QED) is 0.167. The predicted molar refractivity (Wildman–Crippen MR) is 138 cm³/mol. The monoisotopic (exact) mass is 650 g/mol. The van der Waals surface area contributed by atoms with Crippen molar-refractivity contribution in [3.8, 4) is 0 Å². The van der Waals surface area contributed by atoms with Crippen LogP contribution in [0, 0.1) is 11.7 Å². The predicted octanol–water partition coefficient (Wildman–Crippen LogP) is 6.78.